The van der Waals surface area contributed by atoms with Gasteiger partial charge in [-0.1, -0.05) is 11.6 Å². The lowest BCUT2D eigenvalue weighted by Crippen LogP contribution is -2.37. The Kier molecular flexibility index (Phi) is 2.75. The Balaban J connectivity index is 2.12. The number of ether oxygens (including phenoxy) is 2. The summed E-state index contributed by atoms with van der Waals surface area (Å²) < 4.78 is 9.96. The van der Waals surface area contributed by atoms with Crippen LogP contribution in [0.3, 0.4) is 0 Å². The molecule has 6 heteroatoms. The lowest BCUT2D eigenvalue weighted by Gasteiger charge is -2.25. The van der Waals surface area contributed by atoms with Crippen molar-refractivity contribution in [2.24, 2.45) is 0 Å². The molecule has 2 rings (SSSR count). The quantitative estimate of drug-likeness (QED) is 0.601. The molecule has 2 heterocycles. The molecule has 2 N–H and O–H groups in total. The molecule has 0 spiro atoms. The number of hydrogen-bond donors (Lipinski definition) is 1. The number of carbonyl (C=O) groups excluding carboxylic acids is 1. The first-order valence-corrected chi connectivity index (χ1v) is 4.74. The topological polar surface area (TPSA) is 74.4 Å². The van der Waals surface area contributed by atoms with E-state index in [0.29, 0.717) is 13.2 Å². The Labute approximate surface area is 91.1 Å². The Morgan fingerprint density at radius 1 is 1.67 bits per heavy atom. The van der Waals surface area contributed by atoms with Crippen LogP contribution in [0.5, 0.6) is 0 Å². The summed E-state index contributed by atoms with van der Waals surface area (Å²) in [7, 11) is 0. The van der Waals surface area contributed by atoms with Crippen molar-refractivity contribution in [1.82, 2.24) is 4.98 Å². The van der Waals surface area contributed by atoms with E-state index in [9.17, 15) is 4.79 Å². The summed E-state index contributed by atoms with van der Waals surface area (Å²) in [5.74, 6) is -0.495. The minimum Gasteiger partial charge on any atom is -0.454 e. The normalized spacial score (nSPS) is 15.8. The standard InChI is InChI=1S/C9H9ClN2O3/c10-8-1-6(7(11)2-12-8)9(13)15-5-3-14-4-5/h1-2,5H,3-4,11H2. The fourth-order valence-electron chi connectivity index (χ4n) is 1.11. The van der Waals surface area contributed by atoms with E-state index < -0.39 is 5.97 Å². The maximum Gasteiger partial charge on any atom is 0.340 e. The molecule has 0 aliphatic carbocycles. The average Bonchev–Trinajstić information content (AvgIpc) is 2.15. The van der Waals surface area contributed by atoms with Crippen molar-refractivity contribution in [3.8, 4) is 0 Å². The second-order valence-corrected chi connectivity index (χ2v) is 3.55. The lowest BCUT2D eigenvalue weighted by molar-refractivity contribution is -0.103. The average molecular weight is 229 g/mol. The van der Waals surface area contributed by atoms with Gasteiger partial charge in [0.2, 0.25) is 0 Å². The van der Waals surface area contributed by atoms with Gasteiger partial charge in [0.05, 0.1) is 30.7 Å². The minimum absolute atomic E-state index is 0.177. The first kappa shape index (κ1) is 10.2. The van der Waals surface area contributed by atoms with Crippen LogP contribution in [-0.4, -0.2) is 30.3 Å². The third-order valence-corrected chi connectivity index (χ3v) is 2.21. The number of nitrogens with two attached hydrogens (primary N) is 1. The summed E-state index contributed by atoms with van der Waals surface area (Å²) in [5.41, 5.74) is 6.06. The minimum atomic E-state index is -0.495. The van der Waals surface area contributed by atoms with Crippen molar-refractivity contribution in [2.45, 2.75) is 6.10 Å². The summed E-state index contributed by atoms with van der Waals surface area (Å²) in [6, 6.07) is 1.39. The summed E-state index contributed by atoms with van der Waals surface area (Å²) >= 11 is 5.65. The highest BCUT2D eigenvalue weighted by Gasteiger charge is 2.24. The second kappa shape index (κ2) is 4.04. The molecule has 0 bridgehead atoms. The van der Waals surface area contributed by atoms with Crippen LogP contribution in [0.4, 0.5) is 5.69 Å². The van der Waals surface area contributed by atoms with Crippen LogP contribution >= 0.6 is 11.6 Å². The zero-order valence-corrected chi connectivity index (χ0v) is 8.53. The van der Waals surface area contributed by atoms with Crippen LogP contribution in [-0.2, 0) is 9.47 Å². The zero-order chi connectivity index (χ0) is 10.8. The van der Waals surface area contributed by atoms with Gasteiger partial charge in [0.25, 0.3) is 0 Å². The first-order valence-electron chi connectivity index (χ1n) is 4.36. The van der Waals surface area contributed by atoms with Crippen molar-refractivity contribution in [3.05, 3.63) is 23.0 Å². The van der Waals surface area contributed by atoms with Gasteiger partial charge >= 0.3 is 5.97 Å². The predicted octanol–water partition coefficient (Wildman–Crippen LogP) is 0.873. The van der Waals surface area contributed by atoms with Crippen LogP contribution in [0.2, 0.25) is 5.15 Å². The van der Waals surface area contributed by atoms with Gasteiger partial charge in [0, 0.05) is 0 Å². The van der Waals surface area contributed by atoms with Crippen molar-refractivity contribution in [2.75, 3.05) is 18.9 Å². The predicted molar refractivity (Wildman–Crippen MR) is 53.7 cm³/mol. The van der Waals surface area contributed by atoms with E-state index in [-0.39, 0.29) is 22.5 Å². The van der Waals surface area contributed by atoms with E-state index in [1.54, 1.807) is 0 Å². The number of rotatable bonds is 2. The number of hydrogen-bond acceptors (Lipinski definition) is 5. The van der Waals surface area contributed by atoms with Gasteiger partial charge in [0.15, 0.2) is 0 Å². The number of aromatic nitrogens is 1. The molecule has 1 saturated heterocycles. The van der Waals surface area contributed by atoms with Gasteiger partial charge in [-0.15, -0.1) is 0 Å². The fourth-order valence-corrected chi connectivity index (χ4v) is 1.27. The molecule has 0 radical (unpaired) electrons. The Morgan fingerprint density at radius 3 is 3.00 bits per heavy atom. The van der Waals surface area contributed by atoms with E-state index in [0.717, 1.165) is 0 Å². The number of anilines is 1. The summed E-state index contributed by atoms with van der Waals surface area (Å²) in [6.07, 6.45) is 1.15. The van der Waals surface area contributed by atoms with Crippen LogP contribution in [0.15, 0.2) is 12.3 Å². The number of pyridine rings is 1. The van der Waals surface area contributed by atoms with Gasteiger partial charge in [-0.05, 0) is 6.07 Å². The molecule has 1 aliphatic heterocycles. The molecule has 0 atom stereocenters. The molecule has 0 amide bonds. The molecule has 1 aromatic rings. The SMILES string of the molecule is Nc1cnc(Cl)cc1C(=O)OC1COC1. The number of halogens is 1. The fraction of sp³-hybridized carbons (Fsp3) is 0.333. The van der Waals surface area contributed by atoms with E-state index in [2.05, 4.69) is 4.98 Å². The molecular weight excluding hydrogens is 220 g/mol. The molecule has 1 aliphatic rings. The van der Waals surface area contributed by atoms with Gasteiger partial charge in [-0.2, -0.15) is 0 Å². The van der Waals surface area contributed by atoms with Crippen LogP contribution < -0.4 is 5.73 Å². The lowest BCUT2D eigenvalue weighted by atomic mass is 10.2. The van der Waals surface area contributed by atoms with Crippen LogP contribution in [0, 0.1) is 0 Å². The summed E-state index contributed by atoms with van der Waals surface area (Å²) in [5, 5.41) is 0.209. The van der Waals surface area contributed by atoms with Crippen LogP contribution in [0.25, 0.3) is 0 Å². The summed E-state index contributed by atoms with van der Waals surface area (Å²) in [4.78, 5) is 15.3. The van der Waals surface area contributed by atoms with Gasteiger partial charge in [-0.25, -0.2) is 9.78 Å². The highest BCUT2D eigenvalue weighted by molar-refractivity contribution is 6.29. The van der Waals surface area contributed by atoms with Crippen molar-refractivity contribution in [1.29, 1.82) is 0 Å². The highest BCUT2D eigenvalue weighted by atomic mass is 35.5. The maximum absolute atomic E-state index is 11.6. The summed E-state index contributed by atoms with van der Waals surface area (Å²) in [6.45, 7) is 0.870. The maximum atomic E-state index is 11.6. The van der Waals surface area contributed by atoms with E-state index in [1.807, 2.05) is 0 Å². The van der Waals surface area contributed by atoms with Gasteiger partial charge in [-0.3, -0.25) is 0 Å². The second-order valence-electron chi connectivity index (χ2n) is 3.16. The molecule has 80 valence electrons. The monoisotopic (exact) mass is 228 g/mol. The van der Waals surface area contributed by atoms with Crippen molar-refractivity contribution < 1.29 is 14.3 Å². The number of nitrogens with zero attached hydrogens (tertiary/aromatic N) is 1. The Morgan fingerprint density at radius 2 is 2.40 bits per heavy atom. The number of nitrogen functional groups attached to an aromatic ring is 1. The van der Waals surface area contributed by atoms with Gasteiger partial charge < -0.3 is 15.2 Å². The molecule has 0 unspecified atom stereocenters. The third kappa shape index (κ3) is 2.19. The largest absolute Gasteiger partial charge is 0.454 e. The zero-order valence-electron chi connectivity index (χ0n) is 7.77. The van der Waals surface area contributed by atoms with E-state index >= 15 is 0 Å². The van der Waals surface area contributed by atoms with E-state index in [1.165, 1.54) is 12.3 Å². The highest BCUT2D eigenvalue weighted by Crippen LogP contribution is 2.18. The number of carbonyl (C=O) groups is 1. The Bertz CT molecular complexity index is 393. The molecule has 1 aromatic heterocycles. The molecule has 0 aromatic carbocycles. The Hall–Kier alpha value is -1.33. The van der Waals surface area contributed by atoms with Crippen LogP contribution in [0.1, 0.15) is 10.4 Å². The molecule has 1 fully saturated rings. The van der Waals surface area contributed by atoms with Crippen molar-refractivity contribution in [3.63, 3.8) is 0 Å². The first-order chi connectivity index (χ1) is 7.16. The van der Waals surface area contributed by atoms with E-state index in [4.69, 9.17) is 26.8 Å². The number of esters is 1. The van der Waals surface area contributed by atoms with Gasteiger partial charge in [0.1, 0.15) is 11.3 Å². The molecule has 5 nitrogen and oxygen atoms in total. The molecular formula is C9H9ClN2O3. The molecule has 15 heavy (non-hydrogen) atoms. The smallest absolute Gasteiger partial charge is 0.340 e. The third-order valence-electron chi connectivity index (χ3n) is 2.00. The van der Waals surface area contributed by atoms with Crippen molar-refractivity contribution >= 4 is 23.3 Å². The molecule has 0 saturated carbocycles.